The van der Waals surface area contributed by atoms with E-state index in [1.165, 1.54) is 19.1 Å². The summed E-state index contributed by atoms with van der Waals surface area (Å²) in [6.45, 7) is 10.6. The number of esters is 2. The summed E-state index contributed by atoms with van der Waals surface area (Å²) in [5, 5.41) is 11.0. The molecular formula is C23H28O7. The minimum Gasteiger partial charge on any atom is -0.494 e. The zero-order valence-electron chi connectivity index (χ0n) is 17.3. The van der Waals surface area contributed by atoms with Crippen LogP contribution < -0.4 is 4.74 Å². The van der Waals surface area contributed by atoms with Crippen LogP contribution in [0.4, 0.5) is 0 Å². The molecule has 0 heterocycles. The fraction of sp³-hybridized carbons (Fsp3) is 0.435. The predicted octanol–water partition coefficient (Wildman–Crippen LogP) is 2.58. The van der Waals surface area contributed by atoms with Crippen LogP contribution in [0.3, 0.4) is 0 Å². The molecule has 7 nitrogen and oxygen atoms in total. The molecule has 1 saturated carbocycles. The number of rotatable bonds is 9. The smallest absolute Gasteiger partial charge is 0.317 e. The van der Waals surface area contributed by atoms with Crippen molar-refractivity contribution in [3.8, 4) is 5.75 Å². The van der Waals surface area contributed by atoms with Crippen LogP contribution in [0.5, 0.6) is 5.75 Å². The van der Waals surface area contributed by atoms with E-state index in [0.29, 0.717) is 17.9 Å². The molecule has 4 atom stereocenters. The van der Waals surface area contributed by atoms with Crippen molar-refractivity contribution in [2.75, 3.05) is 19.8 Å². The molecule has 7 heteroatoms. The van der Waals surface area contributed by atoms with Crippen LogP contribution in [-0.2, 0) is 23.9 Å². The van der Waals surface area contributed by atoms with E-state index in [1.807, 2.05) is 6.92 Å². The fourth-order valence-corrected chi connectivity index (χ4v) is 3.83. The van der Waals surface area contributed by atoms with Gasteiger partial charge < -0.3 is 19.3 Å². The van der Waals surface area contributed by atoms with Crippen LogP contribution >= 0.6 is 0 Å². The Labute approximate surface area is 176 Å². The lowest BCUT2D eigenvalue weighted by Gasteiger charge is -2.43. The lowest BCUT2D eigenvalue weighted by Crippen LogP contribution is -2.55. The Hall–Kier alpha value is -2.93. The van der Waals surface area contributed by atoms with Crippen molar-refractivity contribution in [3.63, 3.8) is 0 Å². The number of hydrogen-bond donors (Lipinski definition) is 1. The number of ether oxygens (including phenoxy) is 3. The molecule has 0 aliphatic heterocycles. The summed E-state index contributed by atoms with van der Waals surface area (Å²) in [6.07, 6.45) is 2.42. The molecule has 0 amide bonds. The van der Waals surface area contributed by atoms with Crippen LogP contribution in [0.15, 0.2) is 49.6 Å². The first-order chi connectivity index (χ1) is 14.3. The van der Waals surface area contributed by atoms with E-state index >= 15 is 0 Å². The van der Waals surface area contributed by atoms with Crippen LogP contribution in [0.2, 0.25) is 0 Å². The molecule has 1 N–H and O–H groups in total. The summed E-state index contributed by atoms with van der Waals surface area (Å²) in [6, 6.07) is 6.72. The molecule has 0 spiro atoms. The van der Waals surface area contributed by atoms with Gasteiger partial charge in [-0.3, -0.25) is 14.4 Å². The summed E-state index contributed by atoms with van der Waals surface area (Å²) in [4.78, 5) is 38.5. The first-order valence-corrected chi connectivity index (χ1v) is 9.79. The summed E-state index contributed by atoms with van der Waals surface area (Å²) < 4.78 is 15.8. The number of carbonyl (C=O) groups is 3. The number of carbonyl (C=O) groups excluding carboxylic acids is 3. The molecule has 162 valence electrons. The van der Waals surface area contributed by atoms with Crippen LogP contribution in [0, 0.1) is 11.8 Å². The summed E-state index contributed by atoms with van der Waals surface area (Å²) in [7, 11) is 0. The molecule has 2 rings (SSSR count). The normalized spacial score (nSPS) is 25.8. The van der Waals surface area contributed by atoms with Crippen LogP contribution in [0.25, 0.3) is 0 Å². The molecule has 0 radical (unpaired) electrons. The number of hydrogen-bond acceptors (Lipinski definition) is 7. The van der Waals surface area contributed by atoms with Gasteiger partial charge in [-0.1, -0.05) is 37.4 Å². The molecule has 1 fully saturated rings. The van der Waals surface area contributed by atoms with E-state index in [2.05, 4.69) is 13.2 Å². The fourth-order valence-electron chi connectivity index (χ4n) is 3.83. The second kappa shape index (κ2) is 10.2. The van der Waals surface area contributed by atoms with Crippen molar-refractivity contribution < 1.29 is 33.7 Å². The highest BCUT2D eigenvalue weighted by Crippen LogP contribution is 2.47. The lowest BCUT2D eigenvalue weighted by atomic mass is 9.61. The minimum absolute atomic E-state index is 0.0546. The Balaban J connectivity index is 2.55. The molecule has 1 aliphatic carbocycles. The first kappa shape index (κ1) is 23.3. The summed E-state index contributed by atoms with van der Waals surface area (Å²) >= 11 is 0. The van der Waals surface area contributed by atoms with Gasteiger partial charge in [0.25, 0.3) is 0 Å². The highest BCUT2D eigenvalue weighted by Gasteiger charge is 2.57. The Morgan fingerprint density at radius 1 is 1.13 bits per heavy atom. The van der Waals surface area contributed by atoms with Gasteiger partial charge >= 0.3 is 11.9 Å². The summed E-state index contributed by atoms with van der Waals surface area (Å²) in [5.41, 5.74) is -1.18. The van der Waals surface area contributed by atoms with E-state index in [4.69, 9.17) is 14.2 Å². The van der Waals surface area contributed by atoms with Gasteiger partial charge in [0.2, 0.25) is 0 Å². The van der Waals surface area contributed by atoms with E-state index in [9.17, 15) is 19.5 Å². The third-order valence-electron chi connectivity index (χ3n) is 5.04. The maximum Gasteiger partial charge on any atom is 0.317 e. The van der Waals surface area contributed by atoms with Gasteiger partial charge in [-0.25, -0.2) is 0 Å². The second-order valence-electron chi connectivity index (χ2n) is 7.32. The predicted molar refractivity (Wildman–Crippen MR) is 110 cm³/mol. The van der Waals surface area contributed by atoms with Crippen LogP contribution in [0.1, 0.15) is 31.7 Å². The molecule has 0 bridgehead atoms. The number of ketones is 1. The van der Waals surface area contributed by atoms with Gasteiger partial charge in [-0.05, 0) is 31.5 Å². The molecule has 30 heavy (non-hydrogen) atoms. The Morgan fingerprint density at radius 2 is 1.70 bits per heavy atom. The molecule has 1 aromatic carbocycles. The van der Waals surface area contributed by atoms with Gasteiger partial charge in [0.15, 0.2) is 5.78 Å². The number of benzene rings is 1. The highest BCUT2D eigenvalue weighted by atomic mass is 16.5. The number of Topliss-reactive ketones (excluding diaryl/α,β-unsaturated/α-hetero) is 1. The first-order valence-electron chi connectivity index (χ1n) is 9.79. The third-order valence-corrected chi connectivity index (χ3v) is 5.04. The van der Waals surface area contributed by atoms with Crippen molar-refractivity contribution in [3.05, 3.63) is 55.1 Å². The van der Waals surface area contributed by atoms with Crippen molar-refractivity contribution in [2.24, 2.45) is 11.8 Å². The van der Waals surface area contributed by atoms with Gasteiger partial charge in [0.1, 0.15) is 24.9 Å². The highest BCUT2D eigenvalue weighted by molar-refractivity contribution is 6.02. The van der Waals surface area contributed by atoms with Crippen molar-refractivity contribution >= 4 is 17.7 Å². The Kier molecular flexibility index (Phi) is 7.94. The largest absolute Gasteiger partial charge is 0.494 e. The lowest BCUT2D eigenvalue weighted by molar-refractivity contribution is -0.171. The molecular weight excluding hydrogens is 388 g/mol. The third kappa shape index (κ3) is 5.16. The van der Waals surface area contributed by atoms with Gasteiger partial charge in [0, 0.05) is 12.3 Å². The maximum atomic E-state index is 12.9. The molecule has 0 unspecified atom stereocenters. The molecule has 0 saturated heterocycles. The van der Waals surface area contributed by atoms with E-state index in [-0.39, 0.29) is 19.6 Å². The van der Waals surface area contributed by atoms with Crippen molar-refractivity contribution in [1.82, 2.24) is 0 Å². The maximum absolute atomic E-state index is 12.9. The molecule has 1 aliphatic rings. The Morgan fingerprint density at radius 3 is 2.23 bits per heavy atom. The van der Waals surface area contributed by atoms with E-state index < -0.39 is 41.1 Å². The Bertz CT molecular complexity index is 794. The topological polar surface area (TPSA) is 99.1 Å². The van der Waals surface area contributed by atoms with Crippen LogP contribution in [-0.4, -0.2) is 48.3 Å². The summed E-state index contributed by atoms with van der Waals surface area (Å²) in [5.74, 6) is -4.76. The second-order valence-corrected chi connectivity index (χ2v) is 7.32. The van der Waals surface area contributed by atoms with Gasteiger partial charge in [0.05, 0.1) is 18.1 Å². The molecule has 0 aromatic heterocycles. The zero-order chi connectivity index (χ0) is 22.3. The minimum atomic E-state index is -1.70. The molecule has 1 aromatic rings. The van der Waals surface area contributed by atoms with E-state index in [1.54, 1.807) is 24.3 Å². The van der Waals surface area contributed by atoms with Crippen molar-refractivity contribution in [1.29, 1.82) is 0 Å². The average Bonchev–Trinajstić information content (AvgIpc) is 2.70. The van der Waals surface area contributed by atoms with Gasteiger partial charge in [-0.15, -0.1) is 0 Å². The van der Waals surface area contributed by atoms with E-state index in [0.717, 1.165) is 0 Å². The van der Waals surface area contributed by atoms with Crippen molar-refractivity contribution in [2.45, 2.75) is 31.8 Å². The monoisotopic (exact) mass is 416 g/mol. The standard InChI is InChI=1S/C23H28O7/c1-5-12-29-21(25)19-17(24)14-23(4,27)20(22(26)30-13-6-2)18(19)15-8-10-16(11-9-15)28-7-3/h5-6,8-11,18-20,27H,1-2,7,12-14H2,3-4H3/t18-,19+,20-,23-/m0/s1. The zero-order valence-corrected chi connectivity index (χ0v) is 17.3. The number of aliphatic hydroxyl groups is 1. The SMILES string of the molecule is C=CCOC(=O)[C@@H]1C(=O)C[C@](C)(O)[C@H](C(=O)OCC=C)[C@H]1c1ccc(OCC)cc1. The van der Waals surface area contributed by atoms with Gasteiger partial charge in [-0.2, -0.15) is 0 Å². The average molecular weight is 416 g/mol. The quantitative estimate of drug-likeness (QED) is 0.375.